The Labute approximate surface area is 167 Å². The summed E-state index contributed by atoms with van der Waals surface area (Å²) in [7, 11) is 0. The molecule has 0 bridgehead atoms. The Balaban J connectivity index is 1.54. The number of rotatable bonds is 6. The van der Waals surface area contributed by atoms with Crippen LogP contribution in [0.4, 0.5) is 0 Å². The summed E-state index contributed by atoms with van der Waals surface area (Å²) in [4.78, 5) is 12.9. The number of benzene rings is 1. The average molecular weight is 386 g/mol. The van der Waals surface area contributed by atoms with Gasteiger partial charge in [0.15, 0.2) is 6.29 Å². The highest BCUT2D eigenvalue weighted by Crippen LogP contribution is 2.53. The van der Waals surface area contributed by atoms with E-state index < -0.39 is 17.4 Å². The van der Waals surface area contributed by atoms with Crippen molar-refractivity contribution in [3.05, 3.63) is 48.0 Å². The molecule has 2 aliphatic heterocycles. The minimum Gasteiger partial charge on any atom is -0.394 e. The molecule has 1 aromatic rings. The molecule has 0 spiro atoms. The first-order valence-electron chi connectivity index (χ1n) is 10.4. The van der Waals surface area contributed by atoms with Gasteiger partial charge in [-0.1, -0.05) is 49.4 Å². The number of carbonyl (C=O) groups excluding carboxylic acids is 1. The average Bonchev–Trinajstić information content (AvgIpc) is 3.18. The molecule has 2 heterocycles. The van der Waals surface area contributed by atoms with E-state index in [2.05, 4.69) is 24.4 Å². The molecule has 2 N–H and O–H groups in total. The third-order valence-electron chi connectivity index (χ3n) is 7.26. The summed E-state index contributed by atoms with van der Waals surface area (Å²) in [6, 6.07) is 9.96. The van der Waals surface area contributed by atoms with Crippen LogP contribution in [0, 0.1) is 17.8 Å². The van der Waals surface area contributed by atoms with Crippen LogP contribution in [0.5, 0.6) is 0 Å². The van der Waals surface area contributed by atoms with Gasteiger partial charge in [-0.25, -0.2) is 0 Å². The first-order valence-corrected chi connectivity index (χ1v) is 10.4. The van der Waals surface area contributed by atoms with E-state index >= 15 is 0 Å². The lowest BCUT2D eigenvalue weighted by Crippen LogP contribution is -2.65. The van der Waals surface area contributed by atoms with Gasteiger partial charge in [-0.15, -0.1) is 0 Å². The van der Waals surface area contributed by atoms with Crippen LogP contribution in [0.3, 0.4) is 0 Å². The first kappa shape index (κ1) is 19.6. The molecule has 3 aliphatic rings. The Bertz CT molecular complexity index is 735. The first-order chi connectivity index (χ1) is 13.5. The lowest BCUT2D eigenvalue weighted by atomic mass is 9.65. The summed E-state index contributed by atoms with van der Waals surface area (Å²) >= 11 is 0. The van der Waals surface area contributed by atoms with Crippen molar-refractivity contribution in [1.82, 2.24) is 5.32 Å². The lowest BCUT2D eigenvalue weighted by Gasteiger charge is -2.47. The van der Waals surface area contributed by atoms with Crippen LogP contribution in [0.2, 0.25) is 0 Å². The van der Waals surface area contributed by atoms with Crippen molar-refractivity contribution in [3.8, 4) is 0 Å². The minimum absolute atomic E-state index is 0.0333. The van der Waals surface area contributed by atoms with Crippen LogP contribution in [0.1, 0.15) is 45.1 Å². The highest BCUT2D eigenvalue weighted by molar-refractivity contribution is 5.85. The molecule has 0 aromatic heterocycles. The van der Waals surface area contributed by atoms with Crippen LogP contribution in [0.25, 0.3) is 0 Å². The maximum absolute atomic E-state index is 12.9. The van der Waals surface area contributed by atoms with Gasteiger partial charge in [0, 0.05) is 6.42 Å². The van der Waals surface area contributed by atoms with Crippen molar-refractivity contribution in [1.29, 1.82) is 0 Å². The maximum Gasteiger partial charge on any atom is 0.226 e. The van der Waals surface area contributed by atoms with Gasteiger partial charge in [0.1, 0.15) is 5.60 Å². The van der Waals surface area contributed by atoms with Gasteiger partial charge in [-0.2, -0.15) is 0 Å². The van der Waals surface area contributed by atoms with Crippen LogP contribution in [-0.4, -0.2) is 35.1 Å². The van der Waals surface area contributed by atoms with E-state index in [0.29, 0.717) is 18.9 Å². The molecule has 1 unspecified atom stereocenters. The molecular formula is C23H31NO4. The fourth-order valence-corrected chi connectivity index (χ4v) is 5.42. The number of aliphatic hydroxyl groups excluding tert-OH is 1. The number of carbonyl (C=O) groups is 1. The highest BCUT2D eigenvalue weighted by Gasteiger charge is 2.69. The van der Waals surface area contributed by atoms with Crippen LogP contribution in [-0.2, 0) is 20.9 Å². The topological polar surface area (TPSA) is 67.8 Å². The van der Waals surface area contributed by atoms with Crippen LogP contribution >= 0.6 is 0 Å². The molecule has 1 aliphatic carbocycles. The summed E-state index contributed by atoms with van der Waals surface area (Å²) in [6.45, 7) is 4.41. The van der Waals surface area contributed by atoms with Crippen molar-refractivity contribution in [2.24, 2.45) is 17.8 Å². The fraction of sp³-hybridized carbons (Fsp3) is 0.609. The minimum atomic E-state index is -0.800. The zero-order valence-corrected chi connectivity index (χ0v) is 16.8. The summed E-state index contributed by atoms with van der Waals surface area (Å²) in [5.74, 6) is 0.0509. The number of ether oxygens (including phenoxy) is 2. The Hall–Kier alpha value is -1.69. The van der Waals surface area contributed by atoms with Crippen LogP contribution in [0.15, 0.2) is 42.5 Å². The molecule has 2 fully saturated rings. The number of nitrogens with one attached hydrogen (secondary N) is 1. The number of amides is 1. The predicted octanol–water partition coefficient (Wildman–Crippen LogP) is 3.18. The molecule has 6 atom stereocenters. The molecule has 0 radical (unpaired) electrons. The van der Waals surface area contributed by atoms with E-state index in [1.165, 1.54) is 0 Å². The number of aliphatic hydroxyl groups is 1. The largest absolute Gasteiger partial charge is 0.394 e. The quantitative estimate of drug-likeness (QED) is 0.738. The number of fused-ring (bicyclic) bond motifs is 1. The number of allylic oxidation sites excluding steroid dienone is 2. The zero-order valence-electron chi connectivity index (χ0n) is 16.8. The summed E-state index contributed by atoms with van der Waals surface area (Å²) in [5, 5.41) is 13.6. The molecule has 1 aromatic carbocycles. The van der Waals surface area contributed by atoms with Gasteiger partial charge in [0.25, 0.3) is 0 Å². The highest BCUT2D eigenvalue weighted by atomic mass is 16.7. The normalized spacial score (nSPS) is 38.2. The Morgan fingerprint density at radius 3 is 2.82 bits per heavy atom. The van der Waals surface area contributed by atoms with Gasteiger partial charge in [-0.05, 0) is 43.6 Å². The second-order valence-electron chi connectivity index (χ2n) is 8.67. The Morgan fingerprint density at radius 1 is 1.36 bits per heavy atom. The maximum atomic E-state index is 12.9. The van der Waals surface area contributed by atoms with Crippen molar-refractivity contribution in [2.45, 2.75) is 63.6 Å². The third-order valence-corrected chi connectivity index (χ3v) is 7.26. The molecular weight excluding hydrogens is 354 g/mol. The molecule has 5 heteroatoms. The second kappa shape index (κ2) is 7.62. The van der Waals surface area contributed by atoms with E-state index in [9.17, 15) is 9.90 Å². The Kier molecular flexibility index (Phi) is 5.34. The van der Waals surface area contributed by atoms with Gasteiger partial charge < -0.3 is 19.9 Å². The molecule has 1 amide bonds. The van der Waals surface area contributed by atoms with Crippen molar-refractivity contribution in [2.75, 3.05) is 6.61 Å². The number of hydrogen-bond acceptors (Lipinski definition) is 4. The summed E-state index contributed by atoms with van der Waals surface area (Å²) in [5.41, 5.74) is -0.511. The molecule has 0 saturated carbocycles. The second-order valence-corrected chi connectivity index (χ2v) is 8.67. The molecule has 2 saturated heterocycles. The van der Waals surface area contributed by atoms with Gasteiger partial charge in [0.2, 0.25) is 5.91 Å². The third kappa shape index (κ3) is 3.10. The van der Waals surface area contributed by atoms with E-state index in [-0.39, 0.29) is 24.3 Å². The molecule has 28 heavy (non-hydrogen) atoms. The summed E-state index contributed by atoms with van der Waals surface area (Å²) < 4.78 is 12.4. The van der Waals surface area contributed by atoms with Crippen LogP contribution < -0.4 is 5.32 Å². The van der Waals surface area contributed by atoms with Gasteiger partial charge in [0.05, 0.1) is 24.7 Å². The van der Waals surface area contributed by atoms with E-state index in [1.807, 2.05) is 37.3 Å². The van der Waals surface area contributed by atoms with E-state index in [4.69, 9.17) is 9.47 Å². The zero-order chi connectivity index (χ0) is 19.8. The Morgan fingerprint density at radius 2 is 2.14 bits per heavy atom. The molecule has 152 valence electrons. The van der Waals surface area contributed by atoms with Gasteiger partial charge in [-0.3, -0.25) is 4.79 Å². The fourth-order valence-electron chi connectivity index (χ4n) is 5.42. The van der Waals surface area contributed by atoms with Crippen molar-refractivity contribution < 1.29 is 19.4 Å². The van der Waals surface area contributed by atoms with Crippen molar-refractivity contribution in [3.63, 3.8) is 0 Å². The number of hydrogen-bond donors (Lipinski definition) is 2. The molecule has 4 rings (SSSR count). The van der Waals surface area contributed by atoms with E-state index in [0.717, 1.165) is 24.8 Å². The SMILES string of the molecule is C[C@H]([C@@H]1C=CCCC1)[C@@]1(CO)NC(=O)[C@@H]2CC(OCc3ccccc3)O[C@@]21C. The van der Waals surface area contributed by atoms with E-state index in [1.54, 1.807) is 0 Å². The molecule has 5 nitrogen and oxygen atoms in total. The lowest BCUT2D eigenvalue weighted by molar-refractivity contribution is -0.202. The standard InChI is InChI=1S/C23H31NO4/c1-16(18-11-7-4-8-12-18)23(15-25)22(2)19(21(26)24-23)13-20(28-22)27-14-17-9-5-3-6-10-17/h3,5-7,9-11,16,18-20,25H,4,8,12-15H2,1-2H3,(H,24,26)/t16-,18-,19+,20?,22+,23-/m1/s1. The van der Waals surface area contributed by atoms with Gasteiger partial charge >= 0.3 is 0 Å². The summed E-state index contributed by atoms with van der Waals surface area (Å²) in [6.07, 6.45) is 7.86. The smallest absolute Gasteiger partial charge is 0.226 e. The van der Waals surface area contributed by atoms with Crippen molar-refractivity contribution >= 4 is 5.91 Å². The predicted molar refractivity (Wildman–Crippen MR) is 106 cm³/mol. The monoisotopic (exact) mass is 385 g/mol.